The molecule has 23 heavy (non-hydrogen) atoms. The minimum Gasteiger partial charge on any atom is -0.462 e. The van der Waals surface area contributed by atoms with Crippen LogP contribution < -0.4 is 4.74 Å². The third-order valence-electron chi connectivity index (χ3n) is 4.03. The van der Waals surface area contributed by atoms with Crippen LogP contribution in [0.5, 0.6) is 5.75 Å². The summed E-state index contributed by atoms with van der Waals surface area (Å²) < 4.78 is 11.2. The van der Waals surface area contributed by atoms with E-state index in [1.807, 2.05) is 39.8 Å². The summed E-state index contributed by atoms with van der Waals surface area (Å²) in [5.41, 5.74) is 1.83. The Balaban J connectivity index is 2.28. The van der Waals surface area contributed by atoms with Gasteiger partial charge in [0.2, 0.25) is 6.29 Å². The Morgan fingerprint density at radius 3 is 2.30 bits per heavy atom. The highest BCUT2D eigenvalue weighted by atomic mass is 16.7. The molecule has 130 valence electrons. The van der Waals surface area contributed by atoms with Crippen LogP contribution in [0.2, 0.25) is 0 Å². The van der Waals surface area contributed by atoms with Crippen molar-refractivity contribution in [1.29, 1.82) is 0 Å². The molecule has 6 nitrogen and oxygen atoms in total. The van der Waals surface area contributed by atoms with E-state index in [4.69, 9.17) is 9.47 Å². The highest BCUT2D eigenvalue weighted by Gasteiger charge is 2.45. The first-order chi connectivity index (χ1) is 10.6. The van der Waals surface area contributed by atoms with Gasteiger partial charge in [0.15, 0.2) is 0 Å². The first-order valence-electron chi connectivity index (χ1n) is 7.73. The van der Waals surface area contributed by atoms with Crippen LogP contribution in [0.25, 0.3) is 0 Å². The van der Waals surface area contributed by atoms with Gasteiger partial charge < -0.3 is 29.9 Å². The lowest BCUT2D eigenvalue weighted by molar-refractivity contribution is -0.277. The summed E-state index contributed by atoms with van der Waals surface area (Å²) in [4.78, 5) is 0. The molecule has 0 aliphatic carbocycles. The molecule has 1 aromatic carbocycles. The third-order valence-corrected chi connectivity index (χ3v) is 4.03. The maximum atomic E-state index is 10.1. The Hall–Kier alpha value is -1.18. The zero-order valence-corrected chi connectivity index (χ0v) is 13.9. The second kappa shape index (κ2) is 6.75. The van der Waals surface area contributed by atoms with Gasteiger partial charge >= 0.3 is 0 Å². The summed E-state index contributed by atoms with van der Waals surface area (Å²) in [6, 6.07) is 5.67. The van der Waals surface area contributed by atoms with Crippen molar-refractivity contribution in [3.8, 4) is 5.75 Å². The minimum atomic E-state index is -1.45. The molecule has 1 aliphatic rings. The smallest absolute Gasteiger partial charge is 0.229 e. The molecule has 1 aliphatic heterocycles. The molecule has 5 atom stereocenters. The topological polar surface area (TPSA) is 99.4 Å². The molecule has 1 fully saturated rings. The fraction of sp³-hybridized carbons (Fsp3) is 0.647. The van der Waals surface area contributed by atoms with Crippen molar-refractivity contribution < 1.29 is 29.9 Å². The number of rotatable bonds is 3. The zero-order chi connectivity index (χ0) is 17.4. The molecule has 0 radical (unpaired) electrons. The van der Waals surface area contributed by atoms with Gasteiger partial charge in [0.05, 0.1) is 6.61 Å². The number of aliphatic hydroxyl groups is 4. The van der Waals surface area contributed by atoms with Crippen LogP contribution in [0, 0.1) is 6.92 Å². The predicted octanol–water partition coefficient (Wildman–Crippen LogP) is 0.471. The van der Waals surface area contributed by atoms with E-state index in [0.29, 0.717) is 5.75 Å². The number of ether oxygens (including phenoxy) is 2. The molecule has 2 rings (SSSR count). The van der Waals surface area contributed by atoms with Gasteiger partial charge in [-0.25, -0.2) is 0 Å². The number of hydrogen-bond acceptors (Lipinski definition) is 6. The summed E-state index contributed by atoms with van der Waals surface area (Å²) in [6.07, 6.45) is -6.41. The normalized spacial score (nSPS) is 31.9. The van der Waals surface area contributed by atoms with Gasteiger partial charge in [-0.05, 0) is 24.0 Å². The quantitative estimate of drug-likeness (QED) is 0.644. The average molecular weight is 326 g/mol. The number of benzene rings is 1. The van der Waals surface area contributed by atoms with Gasteiger partial charge in [-0.3, -0.25) is 0 Å². The molecule has 4 N–H and O–H groups in total. The van der Waals surface area contributed by atoms with E-state index in [9.17, 15) is 20.4 Å². The van der Waals surface area contributed by atoms with Crippen molar-refractivity contribution >= 4 is 0 Å². The molecular weight excluding hydrogens is 300 g/mol. The first-order valence-corrected chi connectivity index (χ1v) is 7.73. The fourth-order valence-electron chi connectivity index (χ4n) is 2.62. The lowest BCUT2D eigenvalue weighted by Gasteiger charge is -2.40. The first kappa shape index (κ1) is 18.2. The minimum absolute atomic E-state index is 0.185. The summed E-state index contributed by atoms with van der Waals surface area (Å²) in [5, 5.41) is 39.0. The Morgan fingerprint density at radius 1 is 1.09 bits per heavy atom. The van der Waals surface area contributed by atoms with Gasteiger partial charge in [0, 0.05) is 0 Å². The van der Waals surface area contributed by atoms with Crippen LogP contribution in [0.15, 0.2) is 18.2 Å². The predicted molar refractivity (Wildman–Crippen MR) is 84.3 cm³/mol. The maximum Gasteiger partial charge on any atom is 0.229 e. The van der Waals surface area contributed by atoms with E-state index in [0.717, 1.165) is 11.1 Å². The highest BCUT2D eigenvalue weighted by Crippen LogP contribution is 2.34. The number of aliphatic hydroxyl groups excluding tert-OH is 4. The lowest BCUT2D eigenvalue weighted by atomic mass is 9.85. The second-order valence-electron chi connectivity index (χ2n) is 7.06. The maximum absolute atomic E-state index is 10.1. The Morgan fingerprint density at radius 2 is 1.74 bits per heavy atom. The molecular formula is C17H26O6. The van der Waals surface area contributed by atoms with Gasteiger partial charge in [-0.2, -0.15) is 0 Å². The van der Waals surface area contributed by atoms with Crippen LogP contribution >= 0.6 is 0 Å². The van der Waals surface area contributed by atoms with E-state index in [-0.39, 0.29) is 5.41 Å². The van der Waals surface area contributed by atoms with Gasteiger partial charge in [-0.1, -0.05) is 38.5 Å². The van der Waals surface area contributed by atoms with E-state index < -0.39 is 37.3 Å². The van der Waals surface area contributed by atoms with E-state index in [2.05, 4.69) is 0 Å². The average Bonchev–Trinajstić information content (AvgIpc) is 2.48. The molecule has 6 heteroatoms. The van der Waals surface area contributed by atoms with Crippen LogP contribution in [-0.4, -0.2) is 57.7 Å². The SMILES string of the molecule is Cc1ccc(O[C@@H]2O[C@H](CO)[C@@H](O)[C@H](O)[C@H]2O)c(C(C)(C)C)c1. The van der Waals surface area contributed by atoms with Crippen LogP contribution in [0.3, 0.4) is 0 Å². The van der Waals surface area contributed by atoms with Crippen molar-refractivity contribution in [3.63, 3.8) is 0 Å². The number of hydrogen-bond donors (Lipinski definition) is 4. The van der Waals surface area contributed by atoms with E-state index in [1.54, 1.807) is 6.07 Å². The molecule has 1 heterocycles. The summed E-state index contributed by atoms with van der Waals surface area (Å²) >= 11 is 0. The Labute approximate surface area is 136 Å². The van der Waals surface area contributed by atoms with Crippen LogP contribution in [0.1, 0.15) is 31.9 Å². The molecule has 0 aromatic heterocycles. The molecule has 0 spiro atoms. The Kier molecular flexibility index (Phi) is 5.33. The van der Waals surface area contributed by atoms with Crippen molar-refractivity contribution in [2.24, 2.45) is 0 Å². The molecule has 1 aromatic rings. The van der Waals surface area contributed by atoms with Crippen molar-refractivity contribution in [3.05, 3.63) is 29.3 Å². The lowest BCUT2D eigenvalue weighted by Crippen LogP contribution is -2.60. The summed E-state index contributed by atoms with van der Waals surface area (Å²) in [7, 11) is 0. The summed E-state index contributed by atoms with van der Waals surface area (Å²) in [5.74, 6) is 0.535. The zero-order valence-electron chi connectivity index (χ0n) is 13.9. The third kappa shape index (κ3) is 3.84. The molecule has 0 amide bonds. The van der Waals surface area contributed by atoms with Crippen molar-refractivity contribution in [2.45, 2.75) is 63.8 Å². The van der Waals surface area contributed by atoms with E-state index >= 15 is 0 Å². The molecule has 0 bridgehead atoms. The second-order valence-corrected chi connectivity index (χ2v) is 7.06. The standard InChI is InChI=1S/C17H26O6/c1-9-5-6-11(10(7-9)17(2,3)4)22-16-15(21)14(20)13(19)12(8-18)23-16/h5-7,12-16,18-21H,8H2,1-4H3/t12-,13-,14+,15-,16-/m1/s1. The largest absolute Gasteiger partial charge is 0.462 e. The van der Waals surface area contributed by atoms with Gasteiger partial charge in [-0.15, -0.1) is 0 Å². The van der Waals surface area contributed by atoms with E-state index in [1.165, 1.54) is 0 Å². The van der Waals surface area contributed by atoms with Gasteiger partial charge in [0.25, 0.3) is 0 Å². The van der Waals surface area contributed by atoms with Crippen molar-refractivity contribution in [1.82, 2.24) is 0 Å². The molecule has 0 unspecified atom stereocenters. The monoisotopic (exact) mass is 326 g/mol. The van der Waals surface area contributed by atoms with Gasteiger partial charge in [0.1, 0.15) is 30.2 Å². The molecule has 0 saturated carbocycles. The van der Waals surface area contributed by atoms with Crippen LogP contribution in [-0.2, 0) is 10.2 Å². The Bertz CT molecular complexity index is 536. The fourth-order valence-corrected chi connectivity index (χ4v) is 2.62. The highest BCUT2D eigenvalue weighted by molar-refractivity contribution is 5.41. The number of aryl methyl sites for hydroxylation is 1. The van der Waals surface area contributed by atoms with Crippen LogP contribution in [0.4, 0.5) is 0 Å². The summed E-state index contributed by atoms with van der Waals surface area (Å²) in [6.45, 7) is 7.63. The molecule has 1 saturated heterocycles. The van der Waals surface area contributed by atoms with Crippen molar-refractivity contribution in [2.75, 3.05) is 6.61 Å².